The maximum absolute atomic E-state index is 13.1. The maximum Gasteiger partial charge on any atom is 0.273 e. The fourth-order valence-electron chi connectivity index (χ4n) is 3.82. The molecular formula is C22H24N4O5S2. The van der Waals surface area contributed by atoms with Gasteiger partial charge in [-0.05, 0) is 37.3 Å². The summed E-state index contributed by atoms with van der Waals surface area (Å²) in [5.74, 6) is 0.795. The van der Waals surface area contributed by atoms with Gasteiger partial charge in [-0.25, -0.2) is 13.4 Å². The molecule has 0 bridgehead atoms. The van der Waals surface area contributed by atoms with E-state index in [2.05, 4.69) is 4.90 Å². The van der Waals surface area contributed by atoms with Crippen LogP contribution in [0.4, 0.5) is 5.69 Å². The molecule has 1 aliphatic heterocycles. The Balaban J connectivity index is 1.40. The number of benzene rings is 2. The van der Waals surface area contributed by atoms with E-state index in [4.69, 9.17) is 9.72 Å². The van der Waals surface area contributed by atoms with Crippen LogP contribution in [0.15, 0.2) is 52.7 Å². The molecule has 1 aliphatic rings. The minimum Gasteiger partial charge on any atom is -0.497 e. The Morgan fingerprint density at radius 3 is 2.45 bits per heavy atom. The highest BCUT2D eigenvalue weighted by atomic mass is 32.2. The molecule has 1 aromatic heterocycles. The first-order chi connectivity index (χ1) is 15.8. The van der Waals surface area contributed by atoms with Crippen LogP contribution in [0.1, 0.15) is 11.3 Å². The van der Waals surface area contributed by atoms with Gasteiger partial charge in [-0.15, -0.1) is 11.3 Å². The van der Waals surface area contributed by atoms with Gasteiger partial charge < -0.3 is 4.74 Å². The number of methoxy groups -OCH3 is 1. The smallest absolute Gasteiger partial charge is 0.273 e. The first-order valence-corrected chi connectivity index (χ1v) is 12.7. The minimum absolute atomic E-state index is 0.00575. The fourth-order valence-corrected chi connectivity index (χ4v) is 6.30. The molecule has 0 N–H and O–H groups in total. The van der Waals surface area contributed by atoms with Crippen molar-refractivity contribution in [1.29, 1.82) is 0 Å². The number of sulfonamides is 1. The lowest BCUT2D eigenvalue weighted by Crippen LogP contribution is -2.48. The van der Waals surface area contributed by atoms with Gasteiger partial charge in [0.05, 0.1) is 22.6 Å². The number of aromatic nitrogens is 1. The van der Waals surface area contributed by atoms with Crippen LogP contribution < -0.4 is 4.74 Å². The molecule has 2 aromatic carbocycles. The number of thiazole rings is 1. The summed E-state index contributed by atoms with van der Waals surface area (Å²) in [7, 11) is -2.17. The number of nitro benzene ring substituents is 1. The highest BCUT2D eigenvalue weighted by molar-refractivity contribution is 7.89. The summed E-state index contributed by atoms with van der Waals surface area (Å²) in [5, 5.41) is 14.1. The van der Waals surface area contributed by atoms with Crippen LogP contribution in [0.2, 0.25) is 0 Å². The van der Waals surface area contributed by atoms with E-state index in [-0.39, 0.29) is 16.1 Å². The van der Waals surface area contributed by atoms with Crippen molar-refractivity contribution >= 4 is 27.0 Å². The van der Waals surface area contributed by atoms with Crippen LogP contribution in [0.25, 0.3) is 10.6 Å². The summed E-state index contributed by atoms with van der Waals surface area (Å²) in [6.45, 7) is 3.87. The largest absolute Gasteiger partial charge is 0.497 e. The van der Waals surface area contributed by atoms with Gasteiger partial charge in [0.15, 0.2) is 0 Å². The van der Waals surface area contributed by atoms with Gasteiger partial charge >= 0.3 is 0 Å². The molecule has 0 spiro atoms. The molecule has 4 rings (SSSR count). The zero-order chi connectivity index (χ0) is 23.6. The number of piperazine rings is 1. The summed E-state index contributed by atoms with van der Waals surface area (Å²) < 4.78 is 32.8. The van der Waals surface area contributed by atoms with Crippen molar-refractivity contribution in [2.24, 2.45) is 0 Å². The van der Waals surface area contributed by atoms with Crippen LogP contribution in [0.5, 0.6) is 5.75 Å². The van der Waals surface area contributed by atoms with Crippen molar-refractivity contribution in [2.75, 3.05) is 33.3 Å². The van der Waals surface area contributed by atoms with E-state index in [1.165, 1.54) is 29.4 Å². The molecule has 1 fully saturated rings. The first-order valence-electron chi connectivity index (χ1n) is 10.3. The molecular weight excluding hydrogens is 464 g/mol. The molecule has 174 valence electrons. The molecule has 0 radical (unpaired) electrons. The second-order valence-electron chi connectivity index (χ2n) is 7.71. The average molecular weight is 489 g/mol. The van der Waals surface area contributed by atoms with E-state index in [0.717, 1.165) is 22.0 Å². The minimum atomic E-state index is -3.80. The van der Waals surface area contributed by atoms with Crippen molar-refractivity contribution in [1.82, 2.24) is 14.2 Å². The van der Waals surface area contributed by atoms with Crippen molar-refractivity contribution in [3.05, 3.63) is 69.2 Å². The molecule has 0 atom stereocenters. The van der Waals surface area contributed by atoms with Crippen LogP contribution in [0, 0.1) is 17.0 Å². The van der Waals surface area contributed by atoms with Crippen LogP contribution >= 0.6 is 11.3 Å². The number of rotatable bonds is 7. The number of nitrogens with zero attached hydrogens (tertiary/aromatic N) is 4. The normalized spacial score (nSPS) is 15.5. The van der Waals surface area contributed by atoms with Crippen molar-refractivity contribution < 1.29 is 18.1 Å². The van der Waals surface area contributed by atoms with Gasteiger partial charge in [0.1, 0.15) is 10.8 Å². The van der Waals surface area contributed by atoms with Crippen molar-refractivity contribution in [3.8, 4) is 16.3 Å². The molecule has 33 heavy (non-hydrogen) atoms. The zero-order valence-corrected chi connectivity index (χ0v) is 19.9. The van der Waals surface area contributed by atoms with E-state index in [9.17, 15) is 18.5 Å². The number of hydrogen-bond donors (Lipinski definition) is 0. The quantitative estimate of drug-likeness (QED) is 0.370. The molecule has 1 saturated heterocycles. The molecule has 9 nitrogen and oxygen atoms in total. The molecule has 0 amide bonds. The van der Waals surface area contributed by atoms with Gasteiger partial charge in [-0.1, -0.05) is 6.07 Å². The van der Waals surface area contributed by atoms with Gasteiger partial charge in [0, 0.05) is 55.3 Å². The molecule has 0 aliphatic carbocycles. The second-order valence-corrected chi connectivity index (χ2v) is 10.5. The average Bonchev–Trinajstić information content (AvgIpc) is 3.27. The van der Waals surface area contributed by atoms with Gasteiger partial charge in [-0.2, -0.15) is 4.31 Å². The third kappa shape index (κ3) is 4.91. The van der Waals surface area contributed by atoms with Crippen molar-refractivity contribution in [2.45, 2.75) is 18.4 Å². The van der Waals surface area contributed by atoms with E-state index in [1.807, 2.05) is 29.6 Å². The van der Waals surface area contributed by atoms with Crippen LogP contribution in [-0.4, -0.2) is 60.8 Å². The number of nitro groups is 1. The third-order valence-electron chi connectivity index (χ3n) is 5.68. The summed E-state index contributed by atoms with van der Waals surface area (Å²) in [6, 6.07) is 11.9. The van der Waals surface area contributed by atoms with E-state index in [1.54, 1.807) is 18.4 Å². The van der Waals surface area contributed by atoms with Crippen LogP contribution in [-0.2, 0) is 16.6 Å². The van der Waals surface area contributed by atoms with Gasteiger partial charge in [-0.3, -0.25) is 15.0 Å². The van der Waals surface area contributed by atoms with Gasteiger partial charge in [0.25, 0.3) is 5.69 Å². The Bertz CT molecular complexity index is 1250. The number of ether oxygens (including phenoxy) is 1. The van der Waals surface area contributed by atoms with Crippen molar-refractivity contribution in [3.63, 3.8) is 0 Å². The Kier molecular flexibility index (Phi) is 6.75. The van der Waals surface area contributed by atoms with E-state index >= 15 is 0 Å². The monoisotopic (exact) mass is 488 g/mol. The first kappa shape index (κ1) is 23.3. The second kappa shape index (κ2) is 9.56. The van der Waals surface area contributed by atoms with E-state index < -0.39 is 14.9 Å². The van der Waals surface area contributed by atoms with E-state index in [0.29, 0.717) is 32.7 Å². The fraction of sp³-hybridized carbons (Fsp3) is 0.318. The molecule has 3 aromatic rings. The lowest BCUT2D eigenvalue weighted by Gasteiger charge is -2.33. The lowest BCUT2D eigenvalue weighted by molar-refractivity contribution is -0.385. The lowest BCUT2D eigenvalue weighted by atomic mass is 10.2. The Hall–Kier alpha value is -2.86. The highest BCUT2D eigenvalue weighted by Gasteiger charge is 2.31. The Morgan fingerprint density at radius 1 is 1.12 bits per heavy atom. The Labute approximate surface area is 196 Å². The standard InChI is InChI=1S/C22H24N4O5S2/c1-16-20(26(27)28)4-3-5-21(16)33(29,30)25-12-10-24(11-13-25)14-18-15-32-22(23-18)17-6-8-19(31-2)9-7-17/h3-9,15H,10-14H2,1-2H3. The van der Waals surface area contributed by atoms with Crippen LogP contribution in [0.3, 0.4) is 0 Å². The molecule has 2 heterocycles. The molecule has 0 saturated carbocycles. The zero-order valence-electron chi connectivity index (χ0n) is 18.3. The predicted molar refractivity (Wildman–Crippen MR) is 126 cm³/mol. The third-order valence-corrected chi connectivity index (χ3v) is 8.66. The molecule has 11 heteroatoms. The summed E-state index contributed by atoms with van der Waals surface area (Å²) in [5.41, 5.74) is 1.94. The highest BCUT2D eigenvalue weighted by Crippen LogP contribution is 2.29. The maximum atomic E-state index is 13.1. The summed E-state index contributed by atoms with van der Waals surface area (Å²) >= 11 is 1.57. The summed E-state index contributed by atoms with van der Waals surface area (Å²) in [4.78, 5) is 17.5. The number of hydrogen-bond acceptors (Lipinski definition) is 8. The molecule has 0 unspecified atom stereocenters. The topological polar surface area (TPSA) is 106 Å². The van der Waals surface area contributed by atoms with Gasteiger partial charge in [0.2, 0.25) is 10.0 Å². The Morgan fingerprint density at radius 2 is 1.82 bits per heavy atom. The summed E-state index contributed by atoms with van der Waals surface area (Å²) in [6.07, 6.45) is 0. The SMILES string of the molecule is COc1ccc(-c2nc(CN3CCN(S(=O)(=O)c4cccc([N+](=O)[O-])c4C)CC3)cs2)cc1. The predicted octanol–water partition coefficient (Wildman–Crippen LogP) is 3.54.